The zero-order valence-corrected chi connectivity index (χ0v) is 24.5. The van der Waals surface area contributed by atoms with Crippen molar-refractivity contribution in [1.29, 1.82) is 0 Å². The van der Waals surface area contributed by atoms with Crippen LogP contribution in [0.25, 0.3) is 0 Å². The van der Waals surface area contributed by atoms with Gasteiger partial charge in [-0.3, -0.25) is 0 Å². The molecule has 3 aliphatic carbocycles. The first-order valence-corrected chi connectivity index (χ1v) is 16.0. The van der Waals surface area contributed by atoms with Crippen molar-refractivity contribution >= 4 is 0 Å². The third kappa shape index (κ3) is 7.31. The normalized spacial score (nSPS) is 28.5. The van der Waals surface area contributed by atoms with Gasteiger partial charge in [0.1, 0.15) is 12.4 Å². The van der Waals surface area contributed by atoms with Crippen molar-refractivity contribution < 1.29 is 23.0 Å². The van der Waals surface area contributed by atoms with Gasteiger partial charge < -0.3 is 14.2 Å². The average molecular weight is 555 g/mol. The summed E-state index contributed by atoms with van der Waals surface area (Å²) < 4.78 is 45.2. The van der Waals surface area contributed by atoms with E-state index in [1.54, 1.807) is 6.92 Å². The molecule has 0 radical (unpaired) electrons. The second-order valence-corrected chi connectivity index (χ2v) is 12.7. The number of hydrogen-bond donors (Lipinski definition) is 0. The number of hydrogen-bond acceptors (Lipinski definition) is 3. The lowest BCUT2D eigenvalue weighted by atomic mass is 9.61. The van der Waals surface area contributed by atoms with Gasteiger partial charge in [0.2, 0.25) is 11.6 Å². The van der Waals surface area contributed by atoms with Crippen LogP contribution in [0.3, 0.4) is 0 Å². The smallest absolute Gasteiger partial charge is 0.204 e. The summed E-state index contributed by atoms with van der Waals surface area (Å²) in [5, 5.41) is 0. The maximum atomic E-state index is 14.3. The van der Waals surface area contributed by atoms with Gasteiger partial charge in [-0.15, -0.1) is 0 Å². The molecule has 4 unspecified atom stereocenters. The summed E-state index contributed by atoms with van der Waals surface area (Å²) in [5.74, 6) is 4.07. The van der Waals surface area contributed by atoms with Crippen LogP contribution in [0, 0.1) is 47.1 Å². The minimum absolute atomic E-state index is 0.102. The molecule has 40 heavy (non-hydrogen) atoms. The topological polar surface area (TPSA) is 27.7 Å². The predicted octanol–water partition coefficient (Wildman–Crippen LogP) is 9.76. The summed E-state index contributed by atoms with van der Waals surface area (Å²) in [6.45, 7) is 5.26. The van der Waals surface area contributed by atoms with E-state index in [9.17, 15) is 8.78 Å². The van der Waals surface area contributed by atoms with Gasteiger partial charge >= 0.3 is 0 Å². The van der Waals surface area contributed by atoms with E-state index in [0.717, 1.165) is 47.5 Å². The third-order valence-corrected chi connectivity index (χ3v) is 10.1. The Balaban J connectivity index is 1.03. The first kappa shape index (κ1) is 29.2. The van der Waals surface area contributed by atoms with Gasteiger partial charge in [-0.1, -0.05) is 44.7 Å². The number of ether oxygens (including phenoxy) is 3. The van der Waals surface area contributed by atoms with Crippen molar-refractivity contribution in [2.75, 3.05) is 13.2 Å². The zero-order valence-electron chi connectivity index (χ0n) is 24.5. The van der Waals surface area contributed by atoms with Crippen LogP contribution < -0.4 is 14.2 Å². The molecule has 0 aliphatic heterocycles. The lowest BCUT2D eigenvalue weighted by Gasteiger charge is -2.45. The van der Waals surface area contributed by atoms with Crippen molar-refractivity contribution in [3.63, 3.8) is 0 Å². The number of halogens is 2. The Morgan fingerprint density at radius 2 is 1.20 bits per heavy atom. The van der Waals surface area contributed by atoms with Gasteiger partial charge in [0.25, 0.3) is 0 Å². The lowest BCUT2D eigenvalue weighted by Crippen LogP contribution is -2.35. The van der Waals surface area contributed by atoms with Gasteiger partial charge in [0.15, 0.2) is 11.5 Å². The van der Waals surface area contributed by atoms with Crippen LogP contribution in [0.1, 0.15) is 96.5 Å². The van der Waals surface area contributed by atoms with E-state index >= 15 is 0 Å². The second kappa shape index (κ2) is 14.0. The summed E-state index contributed by atoms with van der Waals surface area (Å²) in [7, 11) is 0. The van der Waals surface area contributed by atoms with Gasteiger partial charge in [-0.2, -0.15) is 8.78 Å². The fourth-order valence-corrected chi connectivity index (χ4v) is 7.91. The van der Waals surface area contributed by atoms with E-state index in [0.29, 0.717) is 5.92 Å². The van der Waals surface area contributed by atoms with Gasteiger partial charge in [0.05, 0.1) is 13.2 Å². The molecule has 4 atom stereocenters. The molecule has 0 bridgehead atoms. The highest BCUT2D eigenvalue weighted by molar-refractivity contribution is 5.35. The summed E-state index contributed by atoms with van der Waals surface area (Å²) in [5.41, 5.74) is 0.872. The summed E-state index contributed by atoms with van der Waals surface area (Å²) in [6, 6.07) is 10.5. The molecule has 0 heterocycles. The molecule has 2 aromatic rings. The molecular formula is C35H48F2O3. The van der Waals surface area contributed by atoms with E-state index in [1.807, 2.05) is 24.3 Å². The standard InChI is InChI=1S/C35H48F2O3/c1-3-5-24-6-11-27(12-7-24)29-15-14-28-20-26(8-13-30(28)21-29)23-39-31-16-9-25(10-17-31)22-40-33-19-18-32(38-4-2)34(36)35(33)37/h9-10,16-19,24,26-30H,3-8,11-15,20-23H2,1-2H3. The molecule has 0 spiro atoms. The Bertz CT molecular complexity index is 1060. The van der Waals surface area contributed by atoms with Crippen LogP contribution in [0.15, 0.2) is 36.4 Å². The molecule has 0 N–H and O–H groups in total. The van der Waals surface area contributed by atoms with Gasteiger partial charge in [-0.25, -0.2) is 0 Å². The minimum Gasteiger partial charge on any atom is -0.493 e. The predicted molar refractivity (Wildman–Crippen MR) is 156 cm³/mol. The van der Waals surface area contributed by atoms with Crippen molar-refractivity contribution in [2.24, 2.45) is 35.5 Å². The van der Waals surface area contributed by atoms with E-state index in [1.165, 1.54) is 89.2 Å². The molecule has 0 aromatic heterocycles. The van der Waals surface area contributed by atoms with E-state index in [-0.39, 0.29) is 24.7 Å². The molecule has 5 heteroatoms. The van der Waals surface area contributed by atoms with Crippen LogP contribution in [0.5, 0.6) is 17.2 Å². The molecular weight excluding hydrogens is 506 g/mol. The Morgan fingerprint density at radius 3 is 1.88 bits per heavy atom. The molecule has 0 amide bonds. The van der Waals surface area contributed by atoms with Crippen LogP contribution in [-0.4, -0.2) is 13.2 Å². The maximum Gasteiger partial charge on any atom is 0.204 e. The Labute approximate surface area is 240 Å². The number of rotatable bonds is 11. The van der Waals surface area contributed by atoms with Crippen molar-refractivity contribution in [3.05, 3.63) is 53.6 Å². The number of benzene rings is 2. The van der Waals surface area contributed by atoms with Crippen molar-refractivity contribution in [3.8, 4) is 17.2 Å². The zero-order chi connectivity index (χ0) is 27.9. The highest BCUT2D eigenvalue weighted by Gasteiger charge is 2.38. The molecule has 5 rings (SSSR count). The molecule has 220 valence electrons. The SMILES string of the molecule is CCCC1CCC(C2CCC3CC(COc4ccc(COc5ccc(OCC)c(F)c5F)cc4)CCC3C2)CC1. The second-order valence-electron chi connectivity index (χ2n) is 12.7. The Hall–Kier alpha value is -2.30. The first-order chi connectivity index (χ1) is 19.5. The fraction of sp³-hybridized carbons (Fsp3) is 0.657. The van der Waals surface area contributed by atoms with E-state index < -0.39 is 11.6 Å². The van der Waals surface area contributed by atoms with E-state index in [2.05, 4.69) is 6.92 Å². The van der Waals surface area contributed by atoms with E-state index in [4.69, 9.17) is 14.2 Å². The largest absolute Gasteiger partial charge is 0.493 e. The van der Waals surface area contributed by atoms with Crippen molar-refractivity contribution in [2.45, 2.75) is 97.5 Å². The number of fused-ring (bicyclic) bond motifs is 1. The fourth-order valence-electron chi connectivity index (χ4n) is 7.91. The molecule has 3 nitrogen and oxygen atoms in total. The molecule has 3 aliphatic rings. The molecule has 0 saturated heterocycles. The van der Waals surface area contributed by atoms with Gasteiger partial charge in [-0.05, 0) is 124 Å². The molecule has 3 fully saturated rings. The monoisotopic (exact) mass is 554 g/mol. The maximum absolute atomic E-state index is 14.3. The average Bonchev–Trinajstić information content (AvgIpc) is 2.99. The van der Waals surface area contributed by atoms with Crippen LogP contribution in [0.2, 0.25) is 0 Å². The quantitative estimate of drug-likeness (QED) is 0.277. The summed E-state index contributed by atoms with van der Waals surface area (Å²) >= 11 is 0. The van der Waals surface area contributed by atoms with Crippen LogP contribution in [-0.2, 0) is 6.61 Å². The highest BCUT2D eigenvalue weighted by Crippen LogP contribution is 2.49. The highest BCUT2D eigenvalue weighted by atomic mass is 19.2. The van der Waals surface area contributed by atoms with Crippen molar-refractivity contribution in [1.82, 2.24) is 0 Å². The Morgan fingerprint density at radius 1 is 0.625 bits per heavy atom. The van der Waals surface area contributed by atoms with Crippen LogP contribution in [0.4, 0.5) is 8.78 Å². The molecule has 3 saturated carbocycles. The third-order valence-electron chi connectivity index (χ3n) is 10.1. The van der Waals surface area contributed by atoms with Gasteiger partial charge in [0, 0.05) is 0 Å². The summed E-state index contributed by atoms with van der Waals surface area (Å²) in [6.07, 6.45) is 17.1. The summed E-state index contributed by atoms with van der Waals surface area (Å²) in [4.78, 5) is 0. The lowest BCUT2D eigenvalue weighted by molar-refractivity contribution is 0.0483. The minimum atomic E-state index is -1.02. The van der Waals surface area contributed by atoms with Crippen LogP contribution >= 0.6 is 0 Å². The molecule has 2 aromatic carbocycles. The first-order valence-electron chi connectivity index (χ1n) is 16.0. The Kier molecular flexibility index (Phi) is 10.3.